The number of amides is 1. The van der Waals surface area contributed by atoms with Crippen molar-refractivity contribution in [3.8, 4) is 5.75 Å². The van der Waals surface area contributed by atoms with Gasteiger partial charge in [-0.15, -0.1) is 0 Å². The molecule has 0 aliphatic carbocycles. The highest BCUT2D eigenvalue weighted by Gasteiger charge is 2.17. The van der Waals surface area contributed by atoms with Gasteiger partial charge < -0.3 is 15.0 Å². The molecule has 4 nitrogen and oxygen atoms in total. The third kappa shape index (κ3) is 5.28. The summed E-state index contributed by atoms with van der Waals surface area (Å²) >= 11 is 0. The van der Waals surface area contributed by atoms with Crippen LogP contribution >= 0.6 is 0 Å². The van der Waals surface area contributed by atoms with Gasteiger partial charge in [0.25, 0.3) is 5.91 Å². The number of hydrogen-bond donors (Lipinski definition) is 1. The summed E-state index contributed by atoms with van der Waals surface area (Å²) in [5, 5.41) is 3.03. The number of ether oxygens (including phenoxy) is 1. The first-order valence-electron chi connectivity index (χ1n) is 10.3. The fourth-order valence-electron chi connectivity index (χ4n) is 3.77. The van der Waals surface area contributed by atoms with Crippen LogP contribution in [-0.4, -0.2) is 25.6 Å². The minimum absolute atomic E-state index is 0.0262. The first kappa shape index (κ1) is 20.2. The average molecular weight is 381 g/mol. The van der Waals surface area contributed by atoms with Gasteiger partial charge in [-0.25, -0.2) is 0 Å². The first-order chi connectivity index (χ1) is 13.4. The Morgan fingerprint density at radius 2 is 1.96 bits per heavy atom. The number of aryl methyl sites for hydroxylation is 2. The lowest BCUT2D eigenvalue weighted by atomic mass is 9.99. The van der Waals surface area contributed by atoms with E-state index in [1.165, 1.54) is 18.5 Å². The highest BCUT2D eigenvalue weighted by molar-refractivity contribution is 5.78. The predicted octanol–water partition coefficient (Wildman–Crippen LogP) is 4.80. The molecule has 1 heterocycles. The highest BCUT2D eigenvalue weighted by atomic mass is 16.5. The number of piperidine rings is 1. The normalized spacial score (nSPS) is 17.9. The highest BCUT2D eigenvalue weighted by Crippen LogP contribution is 2.24. The molecule has 0 spiro atoms. The second-order valence-electron chi connectivity index (χ2n) is 8.13. The summed E-state index contributed by atoms with van der Waals surface area (Å²) in [6.07, 6.45) is 2.58. The maximum absolute atomic E-state index is 12.3. The largest absolute Gasteiger partial charge is 0.483 e. The van der Waals surface area contributed by atoms with E-state index in [1.807, 2.05) is 39.0 Å². The van der Waals surface area contributed by atoms with Crippen LogP contribution in [0, 0.1) is 19.8 Å². The molecule has 1 aliphatic rings. The van der Waals surface area contributed by atoms with Crippen molar-refractivity contribution in [3.05, 3.63) is 59.2 Å². The van der Waals surface area contributed by atoms with Crippen LogP contribution in [0.2, 0.25) is 0 Å². The van der Waals surface area contributed by atoms with Crippen LogP contribution in [-0.2, 0) is 4.79 Å². The molecule has 1 amide bonds. The molecule has 0 aromatic heterocycles. The minimum Gasteiger partial charge on any atom is -0.483 e. The maximum atomic E-state index is 12.3. The zero-order chi connectivity index (χ0) is 20.1. The number of hydrogen-bond acceptors (Lipinski definition) is 3. The third-order valence-electron chi connectivity index (χ3n) is 5.50. The van der Waals surface area contributed by atoms with E-state index >= 15 is 0 Å². The van der Waals surface area contributed by atoms with Gasteiger partial charge in [0, 0.05) is 18.8 Å². The summed E-state index contributed by atoms with van der Waals surface area (Å²) in [5.41, 5.74) is 4.53. The topological polar surface area (TPSA) is 41.6 Å². The number of rotatable bonds is 6. The molecule has 1 saturated heterocycles. The number of nitrogens with zero attached hydrogens (tertiary/aromatic N) is 1. The summed E-state index contributed by atoms with van der Waals surface area (Å²) < 4.78 is 5.71. The van der Waals surface area contributed by atoms with Crippen molar-refractivity contribution >= 4 is 11.6 Å². The van der Waals surface area contributed by atoms with Gasteiger partial charge in [-0.1, -0.05) is 31.2 Å². The molecule has 2 aromatic rings. The van der Waals surface area contributed by atoms with Gasteiger partial charge in [0.2, 0.25) is 0 Å². The molecule has 2 atom stereocenters. The Bertz CT molecular complexity index is 801. The molecular formula is C24H32N2O2. The standard InChI is InChI=1S/C24H32N2O2/c1-17-7-8-19(3)23(14-17)28-16-24(27)25-20(4)21-9-11-22(12-10-21)26-13-5-6-18(2)15-26/h7-12,14,18,20H,5-6,13,15-16H2,1-4H3,(H,25,27). The lowest BCUT2D eigenvalue weighted by molar-refractivity contribution is -0.123. The van der Waals surface area contributed by atoms with Gasteiger partial charge in [0.1, 0.15) is 5.75 Å². The fraction of sp³-hybridized carbons (Fsp3) is 0.458. The van der Waals surface area contributed by atoms with Crippen LogP contribution in [0.15, 0.2) is 42.5 Å². The third-order valence-corrected chi connectivity index (χ3v) is 5.50. The van der Waals surface area contributed by atoms with Crippen molar-refractivity contribution in [1.29, 1.82) is 0 Å². The summed E-state index contributed by atoms with van der Waals surface area (Å²) in [7, 11) is 0. The smallest absolute Gasteiger partial charge is 0.258 e. The molecule has 28 heavy (non-hydrogen) atoms. The molecule has 2 unspecified atom stereocenters. The molecule has 4 heteroatoms. The average Bonchev–Trinajstić information content (AvgIpc) is 2.69. The van der Waals surface area contributed by atoms with Crippen LogP contribution in [0.4, 0.5) is 5.69 Å². The molecule has 1 aliphatic heterocycles. The number of anilines is 1. The zero-order valence-corrected chi connectivity index (χ0v) is 17.5. The quantitative estimate of drug-likeness (QED) is 0.783. The van der Waals surface area contributed by atoms with Crippen molar-refractivity contribution in [2.75, 3.05) is 24.6 Å². The van der Waals surface area contributed by atoms with Crippen molar-refractivity contribution in [1.82, 2.24) is 5.32 Å². The number of carbonyl (C=O) groups excluding carboxylic acids is 1. The van der Waals surface area contributed by atoms with Gasteiger partial charge in [0.15, 0.2) is 6.61 Å². The lowest BCUT2D eigenvalue weighted by Gasteiger charge is -2.33. The molecule has 0 radical (unpaired) electrons. The van der Waals surface area contributed by atoms with E-state index in [2.05, 4.69) is 41.4 Å². The maximum Gasteiger partial charge on any atom is 0.258 e. The van der Waals surface area contributed by atoms with E-state index in [1.54, 1.807) is 0 Å². The Hall–Kier alpha value is -2.49. The van der Waals surface area contributed by atoms with Gasteiger partial charge in [0.05, 0.1) is 6.04 Å². The lowest BCUT2D eigenvalue weighted by Crippen LogP contribution is -2.34. The van der Waals surface area contributed by atoms with Crippen LogP contribution in [0.1, 0.15) is 49.4 Å². The molecule has 150 valence electrons. The number of benzene rings is 2. The summed E-state index contributed by atoms with van der Waals surface area (Å²) in [6.45, 7) is 10.6. The van der Waals surface area contributed by atoms with Crippen molar-refractivity contribution < 1.29 is 9.53 Å². The Morgan fingerprint density at radius 1 is 1.21 bits per heavy atom. The van der Waals surface area contributed by atoms with Gasteiger partial charge in [-0.3, -0.25) is 4.79 Å². The molecule has 2 aromatic carbocycles. The molecule has 1 fully saturated rings. The zero-order valence-electron chi connectivity index (χ0n) is 17.5. The van der Waals surface area contributed by atoms with Gasteiger partial charge >= 0.3 is 0 Å². The molecular weight excluding hydrogens is 348 g/mol. The number of nitrogens with one attached hydrogen (secondary N) is 1. The van der Waals surface area contributed by atoms with Gasteiger partial charge in [-0.2, -0.15) is 0 Å². The van der Waals surface area contributed by atoms with Crippen molar-refractivity contribution in [2.45, 2.75) is 46.6 Å². The Labute approximate surface area is 168 Å². The second-order valence-corrected chi connectivity index (χ2v) is 8.13. The minimum atomic E-state index is -0.109. The van der Waals surface area contributed by atoms with E-state index in [9.17, 15) is 4.79 Å². The van der Waals surface area contributed by atoms with E-state index in [0.29, 0.717) is 0 Å². The van der Waals surface area contributed by atoms with Crippen LogP contribution < -0.4 is 15.0 Å². The summed E-state index contributed by atoms with van der Waals surface area (Å²) in [6, 6.07) is 14.5. The Kier molecular flexibility index (Phi) is 6.61. The fourth-order valence-corrected chi connectivity index (χ4v) is 3.77. The van der Waals surface area contributed by atoms with Crippen molar-refractivity contribution in [2.24, 2.45) is 5.92 Å². The number of carbonyl (C=O) groups is 1. The van der Waals surface area contributed by atoms with E-state index in [4.69, 9.17) is 4.74 Å². The van der Waals surface area contributed by atoms with Crippen LogP contribution in [0.3, 0.4) is 0 Å². The van der Waals surface area contributed by atoms with Crippen LogP contribution in [0.5, 0.6) is 5.75 Å². The molecule has 1 N–H and O–H groups in total. The Balaban J connectivity index is 1.53. The summed E-state index contributed by atoms with van der Waals surface area (Å²) in [5.74, 6) is 1.41. The molecule has 0 bridgehead atoms. The Morgan fingerprint density at radius 3 is 2.68 bits per heavy atom. The summed E-state index contributed by atoms with van der Waals surface area (Å²) in [4.78, 5) is 14.8. The van der Waals surface area contributed by atoms with E-state index in [-0.39, 0.29) is 18.6 Å². The van der Waals surface area contributed by atoms with E-state index in [0.717, 1.165) is 41.4 Å². The molecule has 3 rings (SSSR count). The first-order valence-corrected chi connectivity index (χ1v) is 10.3. The van der Waals surface area contributed by atoms with Crippen LogP contribution in [0.25, 0.3) is 0 Å². The van der Waals surface area contributed by atoms with Crippen molar-refractivity contribution in [3.63, 3.8) is 0 Å². The predicted molar refractivity (Wildman–Crippen MR) is 115 cm³/mol. The SMILES string of the molecule is Cc1ccc(C)c(OCC(=O)NC(C)c2ccc(N3CCCC(C)C3)cc2)c1. The second kappa shape index (κ2) is 9.13. The van der Waals surface area contributed by atoms with Gasteiger partial charge in [-0.05, 0) is 74.4 Å². The monoisotopic (exact) mass is 380 g/mol. The van der Waals surface area contributed by atoms with E-state index < -0.39 is 0 Å². The molecule has 0 saturated carbocycles.